The van der Waals surface area contributed by atoms with Gasteiger partial charge in [0.25, 0.3) is 0 Å². The third-order valence-electron chi connectivity index (χ3n) is 5.38. The molecule has 4 nitrogen and oxygen atoms in total. The van der Waals surface area contributed by atoms with Gasteiger partial charge in [-0.3, -0.25) is 4.98 Å². The average Bonchev–Trinajstić information content (AvgIpc) is 2.98. The highest BCUT2D eigenvalue weighted by molar-refractivity contribution is 7.16. The maximum absolute atomic E-state index is 12.2. The zero-order chi connectivity index (χ0) is 19.2. The fourth-order valence-electron chi connectivity index (χ4n) is 3.99. The monoisotopic (exact) mass is 380 g/mol. The van der Waals surface area contributed by atoms with Gasteiger partial charge in [-0.15, -0.1) is 11.3 Å². The first-order valence-corrected chi connectivity index (χ1v) is 10.1. The largest absolute Gasteiger partial charge is 0.478 e. The van der Waals surface area contributed by atoms with E-state index in [9.17, 15) is 9.90 Å². The van der Waals surface area contributed by atoms with Crippen molar-refractivity contribution in [1.82, 2.24) is 10.3 Å². The van der Waals surface area contributed by atoms with Crippen molar-refractivity contribution in [3.8, 4) is 10.4 Å². The minimum Gasteiger partial charge on any atom is -0.478 e. The quantitative estimate of drug-likeness (QED) is 0.676. The third kappa shape index (κ3) is 3.26. The van der Waals surface area contributed by atoms with Crippen molar-refractivity contribution in [1.29, 1.82) is 0 Å². The Morgan fingerprint density at radius 3 is 2.85 bits per heavy atom. The highest BCUT2D eigenvalue weighted by atomic mass is 32.1. The van der Waals surface area contributed by atoms with Crippen LogP contribution in [0.4, 0.5) is 0 Å². The molecule has 0 bridgehead atoms. The number of carbonyl (C=O) groups is 1. The normalized spacial score (nSPS) is 15.7. The lowest BCUT2D eigenvalue weighted by atomic mass is 9.76. The second-order valence-electron chi connectivity index (χ2n) is 8.06. The van der Waals surface area contributed by atoms with Gasteiger partial charge < -0.3 is 10.4 Å². The summed E-state index contributed by atoms with van der Waals surface area (Å²) in [4.78, 5) is 19.2. The number of rotatable bonds is 4. The predicted octanol–water partition coefficient (Wildman–Crippen LogP) is 4.90. The van der Waals surface area contributed by atoms with Crippen LogP contribution >= 0.6 is 11.3 Å². The number of hydrogen-bond acceptors (Lipinski definition) is 4. The molecule has 0 spiro atoms. The van der Waals surface area contributed by atoms with Gasteiger partial charge in [0.2, 0.25) is 0 Å². The zero-order valence-electron chi connectivity index (χ0n) is 15.9. The van der Waals surface area contributed by atoms with Crippen LogP contribution in [0.2, 0.25) is 0 Å². The molecule has 1 aliphatic carbocycles. The Morgan fingerprint density at radius 1 is 1.33 bits per heavy atom. The fraction of sp³-hybridized carbons (Fsp3) is 0.364. The lowest BCUT2D eigenvalue weighted by molar-refractivity contribution is 0.0696. The molecule has 0 amide bonds. The van der Waals surface area contributed by atoms with Gasteiger partial charge in [0.15, 0.2) is 0 Å². The van der Waals surface area contributed by atoms with Gasteiger partial charge in [-0.2, -0.15) is 0 Å². The summed E-state index contributed by atoms with van der Waals surface area (Å²) in [6.07, 6.45) is 2.87. The number of benzene rings is 1. The van der Waals surface area contributed by atoms with E-state index in [1.165, 1.54) is 4.88 Å². The molecule has 2 heterocycles. The van der Waals surface area contributed by atoms with Crippen LogP contribution in [0.25, 0.3) is 21.3 Å². The molecule has 140 valence electrons. The Bertz CT molecular complexity index is 1040. The fourth-order valence-corrected chi connectivity index (χ4v) is 5.34. The van der Waals surface area contributed by atoms with E-state index in [0.29, 0.717) is 12.1 Å². The van der Waals surface area contributed by atoms with Gasteiger partial charge in [-0.1, -0.05) is 32.0 Å². The highest BCUT2D eigenvalue weighted by Gasteiger charge is 2.33. The molecule has 3 aromatic rings. The van der Waals surface area contributed by atoms with E-state index < -0.39 is 5.97 Å². The number of aryl methyl sites for hydroxylation is 1. The van der Waals surface area contributed by atoms with E-state index in [1.807, 2.05) is 31.3 Å². The van der Waals surface area contributed by atoms with Gasteiger partial charge in [0.05, 0.1) is 21.7 Å². The molecular weight excluding hydrogens is 356 g/mol. The van der Waals surface area contributed by atoms with Gasteiger partial charge in [-0.05, 0) is 49.4 Å². The average molecular weight is 381 g/mol. The summed E-state index contributed by atoms with van der Waals surface area (Å²) in [7, 11) is 1.89. The Labute approximate surface area is 163 Å². The molecule has 2 N–H and O–H groups in total. The number of aromatic nitrogens is 1. The number of carboxylic acids is 1. The molecule has 0 unspecified atom stereocenters. The van der Waals surface area contributed by atoms with Crippen LogP contribution in [0.1, 0.15) is 46.8 Å². The van der Waals surface area contributed by atoms with Gasteiger partial charge in [0.1, 0.15) is 0 Å². The van der Waals surface area contributed by atoms with E-state index in [2.05, 4.69) is 25.2 Å². The third-order valence-corrected chi connectivity index (χ3v) is 6.71. The Balaban J connectivity index is 1.97. The molecule has 0 fully saturated rings. The molecule has 27 heavy (non-hydrogen) atoms. The lowest BCUT2D eigenvalue weighted by Crippen LogP contribution is -2.22. The molecule has 2 aromatic heterocycles. The van der Waals surface area contributed by atoms with Gasteiger partial charge >= 0.3 is 5.97 Å². The number of nitrogens with one attached hydrogen (secondary N) is 1. The summed E-state index contributed by atoms with van der Waals surface area (Å²) in [6, 6.07) is 10.1. The van der Waals surface area contributed by atoms with Crippen LogP contribution in [-0.4, -0.2) is 23.1 Å². The predicted molar refractivity (Wildman–Crippen MR) is 111 cm³/mol. The number of carboxylic acid groups (broad SMARTS) is 1. The molecule has 0 saturated carbocycles. The summed E-state index contributed by atoms with van der Waals surface area (Å²) in [5.41, 5.74) is 4.44. The van der Waals surface area contributed by atoms with Crippen molar-refractivity contribution in [2.24, 2.45) is 5.41 Å². The van der Waals surface area contributed by atoms with E-state index in [4.69, 9.17) is 4.98 Å². The van der Waals surface area contributed by atoms with Gasteiger partial charge in [0, 0.05) is 22.4 Å². The number of para-hydroxylation sites is 1. The van der Waals surface area contributed by atoms with Crippen LogP contribution in [0.3, 0.4) is 0 Å². The molecule has 1 aliphatic rings. The maximum Gasteiger partial charge on any atom is 0.337 e. The Morgan fingerprint density at radius 2 is 2.11 bits per heavy atom. The van der Waals surface area contributed by atoms with E-state index in [-0.39, 0.29) is 5.41 Å². The standard InChI is InChI=1S/C22H24N2O2S/c1-22(2)9-8-18-15(11-22)19(21(25)26)20(27-18)14-10-13-6-4-5-7-16(13)24-17(14)12-23-3/h4-7,10,23H,8-9,11-12H2,1-3H3,(H,25,26). The van der Waals surface area contributed by atoms with Crippen LogP contribution < -0.4 is 5.32 Å². The number of pyridine rings is 1. The molecule has 0 saturated heterocycles. The van der Waals surface area contributed by atoms with Crippen LogP contribution in [0.15, 0.2) is 30.3 Å². The van der Waals surface area contributed by atoms with Crippen molar-refractivity contribution < 1.29 is 9.90 Å². The number of thiophene rings is 1. The lowest BCUT2D eigenvalue weighted by Gasteiger charge is -2.29. The van der Waals surface area contributed by atoms with E-state index in [0.717, 1.165) is 51.9 Å². The summed E-state index contributed by atoms with van der Waals surface area (Å²) >= 11 is 1.64. The molecule has 1 aromatic carbocycles. The minimum atomic E-state index is -0.830. The Hall–Kier alpha value is -2.24. The number of fused-ring (bicyclic) bond motifs is 2. The summed E-state index contributed by atoms with van der Waals surface area (Å²) in [6.45, 7) is 5.05. The SMILES string of the molecule is CNCc1nc2ccccc2cc1-c1sc2c(c1C(=O)O)CC(C)(C)CC2. The topological polar surface area (TPSA) is 62.2 Å². The van der Waals surface area contributed by atoms with Gasteiger partial charge in [-0.25, -0.2) is 4.79 Å². The summed E-state index contributed by atoms with van der Waals surface area (Å²) in [5, 5.41) is 14.3. The van der Waals surface area contributed by atoms with Crippen LogP contribution in [0, 0.1) is 5.41 Å². The number of aromatic carboxylic acids is 1. The molecule has 5 heteroatoms. The second-order valence-corrected chi connectivity index (χ2v) is 9.16. The molecule has 0 aliphatic heterocycles. The molecule has 4 rings (SSSR count). The van der Waals surface area contributed by atoms with Crippen LogP contribution in [0.5, 0.6) is 0 Å². The maximum atomic E-state index is 12.2. The second kappa shape index (κ2) is 6.73. The van der Waals surface area contributed by atoms with E-state index >= 15 is 0 Å². The zero-order valence-corrected chi connectivity index (χ0v) is 16.7. The molecular formula is C22H24N2O2S. The van der Waals surface area contributed by atoms with Crippen molar-refractivity contribution >= 4 is 28.2 Å². The summed E-state index contributed by atoms with van der Waals surface area (Å²) in [5.74, 6) is -0.830. The Kier molecular flexibility index (Phi) is 4.52. The first kappa shape index (κ1) is 18.1. The van der Waals surface area contributed by atoms with E-state index in [1.54, 1.807) is 11.3 Å². The van der Waals surface area contributed by atoms with Crippen molar-refractivity contribution in [3.05, 3.63) is 52.0 Å². The molecule has 0 radical (unpaired) electrons. The first-order valence-electron chi connectivity index (χ1n) is 9.31. The van der Waals surface area contributed by atoms with Crippen molar-refractivity contribution in [2.45, 2.75) is 39.7 Å². The molecule has 0 atom stereocenters. The minimum absolute atomic E-state index is 0.144. The highest BCUT2D eigenvalue weighted by Crippen LogP contribution is 2.46. The van der Waals surface area contributed by atoms with Crippen LogP contribution in [-0.2, 0) is 19.4 Å². The smallest absolute Gasteiger partial charge is 0.337 e. The summed E-state index contributed by atoms with van der Waals surface area (Å²) < 4.78 is 0. The van der Waals surface area contributed by atoms with Crippen molar-refractivity contribution in [2.75, 3.05) is 7.05 Å². The first-order chi connectivity index (χ1) is 12.9. The number of nitrogens with zero attached hydrogens (tertiary/aromatic N) is 1. The van der Waals surface area contributed by atoms with Crippen molar-refractivity contribution in [3.63, 3.8) is 0 Å². The number of hydrogen-bond donors (Lipinski definition) is 2.